The normalized spacial score (nSPS) is 18.9. The van der Waals surface area contributed by atoms with Crippen LogP contribution in [0.2, 0.25) is 0 Å². The van der Waals surface area contributed by atoms with Crippen LogP contribution >= 0.6 is 0 Å². The fourth-order valence-electron chi connectivity index (χ4n) is 2.21. The van der Waals surface area contributed by atoms with E-state index in [-0.39, 0.29) is 0 Å². The molecule has 102 valence electrons. The Hall–Kier alpha value is -0.870. The summed E-state index contributed by atoms with van der Waals surface area (Å²) in [6, 6.07) is 2.76. The van der Waals surface area contributed by atoms with Crippen LogP contribution in [0.5, 0.6) is 0 Å². The van der Waals surface area contributed by atoms with Gasteiger partial charge in [0.15, 0.2) is 0 Å². The van der Waals surface area contributed by atoms with Gasteiger partial charge in [0.2, 0.25) is 0 Å². The molecule has 0 saturated heterocycles. The molecule has 1 unspecified atom stereocenters. The second-order valence-electron chi connectivity index (χ2n) is 5.63. The molecule has 18 heavy (non-hydrogen) atoms. The van der Waals surface area contributed by atoms with Crippen molar-refractivity contribution in [3.8, 4) is 0 Å². The highest BCUT2D eigenvalue weighted by molar-refractivity contribution is 5.13. The van der Waals surface area contributed by atoms with E-state index in [1.165, 1.54) is 12.8 Å². The van der Waals surface area contributed by atoms with Crippen molar-refractivity contribution in [2.45, 2.75) is 64.6 Å². The first-order valence-electron chi connectivity index (χ1n) is 7.05. The van der Waals surface area contributed by atoms with E-state index >= 15 is 0 Å². The van der Waals surface area contributed by atoms with Crippen LogP contribution in [0.1, 0.15) is 45.0 Å². The van der Waals surface area contributed by atoms with Gasteiger partial charge in [-0.3, -0.25) is 4.68 Å². The maximum Gasteiger partial charge on any atom is 0.0798 e. The van der Waals surface area contributed by atoms with E-state index in [9.17, 15) is 5.11 Å². The molecule has 1 fully saturated rings. The molecule has 1 aromatic heterocycles. The monoisotopic (exact) mass is 251 g/mol. The summed E-state index contributed by atoms with van der Waals surface area (Å²) in [7, 11) is 0. The summed E-state index contributed by atoms with van der Waals surface area (Å²) in [5.74, 6) is 0. The van der Waals surface area contributed by atoms with Gasteiger partial charge >= 0.3 is 0 Å². The minimum atomic E-state index is -0.694. The summed E-state index contributed by atoms with van der Waals surface area (Å²) < 4.78 is 2.00. The van der Waals surface area contributed by atoms with Crippen molar-refractivity contribution in [3.63, 3.8) is 0 Å². The molecule has 1 heterocycles. The third-order valence-electron chi connectivity index (χ3n) is 3.49. The standard InChI is InChI=1S/C14H25N3O/c1-4-11-8-13(17(5-2)16-11)9-14(3,18)10-15-12-6-7-12/h8,12,15,18H,4-7,9-10H2,1-3H3. The van der Waals surface area contributed by atoms with Crippen molar-refractivity contribution in [2.24, 2.45) is 0 Å². The van der Waals surface area contributed by atoms with Crippen LogP contribution in [0.4, 0.5) is 0 Å². The molecule has 4 heteroatoms. The molecule has 2 N–H and O–H groups in total. The van der Waals surface area contributed by atoms with Crippen molar-refractivity contribution in [1.82, 2.24) is 15.1 Å². The zero-order valence-corrected chi connectivity index (χ0v) is 11.7. The largest absolute Gasteiger partial charge is 0.388 e. The summed E-state index contributed by atoms with van der Waals surface area (Å²) in [6.45, 7) is 7.63. The van der Waals surface area contributed by atoms with E-state index in [1.807, 2.05) is 11.6 Å². The summed E-state index contributed by atoms with van der Waals surface area (Å²) in [5.41, 5.74) is 1.55. The number of rotatable bonds is 7. The molecular weight excluding hydrogens is 226 g/mol. The van der Waals surface area contributed by atoms with Gasteiger partial charge in [0, 0.05) is 31.2 Å². The van der Waals surface area contributed by atoms with Crippen molar-refractivity contribution in [2.75, 3.05) is 6.54 Å². The zero-order valence-electron chi connectivity index (χ0n) is 11.7. The van der Waals surface area contributed by atoms with E-state index in [1.54, 1.807) is 0 Å². The average molecular weight is 251 g/mol. The van der Waals surface area contributed by atoms with Crippen LogP contribution in [0.3, 0.4) is 0 Å². The van der Waals surface area contributed by atoms with Crippen LogP contribution < -0.4 is 5.32 Å². The van der Waals surface area contributed by atoms with Gasteiger partial charge in [0.05, 0.1) is 11.3 Å². The van der Waals surface area contributed by atoms with Crippen LogP contribution in [-0.2, 0) is 19.4 Å². The first-order chi connectivity index (χ1) is 8.54. The average Bonchev–Trinajstić information content (AvgIpc) is 3.08. The molecule has 1 aromatic rings. The van der Waals surface area contributed by atoms with Gasteiger partial charge in [0.25, 0.3) is 0 Å². The summed E-state index contributed by atoms with van der Waals surface area (Å²) in [4.78, 5) is 0. The number of aryl methyl sites for hydroxylation is 2. The topological polar surface area (TPSA) is 50.1 Å². The molecule has 4 nitrogen and oxygen atoms in total. The molecule has 1 saturated carbocycles. The molecule has 1 aliphatic rings. The van der Waals surface area contributed by atoms with Gasteiger partial charge in [-0.2, -0.15) is 5.10 Å². The lowest BCUT2D eigenvalue weighted by Gasteiger charge is -2.24. The Morgan fingerprint density at radius 1 is 1.50 bits per heavy atom. The molecular formula is C14H25N3O. The molecule has 1 aliphatic carbocycles. The van der Waals surface area contributed by atoms with Gasteiger partial charge in [0.1, 0.15) is 0 Å². The fourth-order valence-corrected chi connectivity index (χ4v) is 2.21. The summed E-state index contributed by atoms with van der Waals surface area (Å²) >= 11 is 0. The molecule has 2 rings (SSSR count). The van der Waals surface area contributed by atoms with Crippen LogP contribution in [0, 0.1) is 0 Å². The lowest BCUT2D eigenvalue weighted by Crippen LogP contribution is -2.41. The molecule has 0 aliphatic heterocycles. The number of aromatic nitrogens is 2. The number of nitrogens with one attached hydrogen (secondary N) is 1. The third-order valence-corrected chi connectivity index (χ3v) is 3.49. The van der Waals surface area contributed by atoms with E-state index in [0.717, 1.165) is 24.4 Å². The molecule has 1 atom stereocenters. The molecule has 0 bridgehead atoms. The van der Waals surface area contributed by atoms with Crippen LogP contribution in [0.25, 0.3) is 0 Å². The Bertz CT molecular complexity index is 394. The molecule has 0 spiro atoms. The first kappa shape index (κ1) is 13.6. The fraction of sp³-hybridized carbons (Fsp3) is 0.786. The van der Waals surface area contributed by atoms with E-state index in [0.29, 0.717) is 19.0 Å². The van der Waals surface area contributed by atoms with Crippen molar-refractivity contribution in [1.29, 1.82) is 0 Å². The van der Waals surface area contributed by atoms with Gasteiger partial charge in [-0.25, -0.2) is 0 Å². The lowest BCUT2D eigenvalue weighted by atomic mass is 9.99. The maximum atomic E-state index is 10.4. The smallest absolute Gasteiger partial charge is 0.0798 e. The van der Waals surface area contributed by atoms with Gasteiger partial charge in [-0.15, -0.1) is 0 Å². The number of nitrogens with zero attached hydrogens (tertiary/aromatic N) is 2. The second kappa shape index (κ2) is 5.41. The van der Waals surface area contributed by atoms with Gasteiger partial charge in [-0.1, -0.05) is 6.92 Å². The molecule has 0 aromatic carbocycles. The Labute approximate surface area is 109 Å². The van der Waals surface area contributed by atoms with Crippen LogP contribution in [0.15, 0.2) is 6.07 Å². The van der Waals surface area contributed by atoms with E-state index < -0.39 is 5.60 Å². The van der Waals surface area contributed by atoms with E-state index in [4.69, 9.17) is 0 Å². The Kier molecular flexibility index (Phi) is 4.07. The van der Waals surface area contributed by atoms with Gasteiger partial charge in [-0.05, 0) is 39.2 Å². The Morgan fingerprint density at radius 3 is 2.78 bits per heavy atom. The van der Waals surface area contributed by atoms with Crippen molar-refractivity contribution >= 4 is 0 Å². The Balaban J connectivity index is 1.98. The second-order valence-corrected chi connectivity index (χ2v) is 5.63. The minimum Gasteiger partial charge on any atom is -0.388 e. The minimum absolute atomic E-state index is 0.638. The number of hydrogen-bond donors (Lipinski definition) is 2. The highest BCUT2D eigenvalue weighted by Gasteiger charge is 2.27. The summed E-state index contributed by atoms with van der Waals surface area (Å²) in [6.07, 6.45) is 4.11. The summed E-state index contributed by atoms with van der Waals surface area (Å²) in [5, 5.41) is 18.4. The zero-order chi connectivity index (χ0) is 13.2. The maximum absolute atomic E-state index is 10.4. The number of aliphatic hydroxyl groups is 1. The molecule has 0 radical (unpaired) electrons. The highest BCUT2D eigenvalue weighted by atomic mass is 16.3. The van der Waals surface area contributed by atoms with Gasteiger partial charge < -0.3 is 10.4 Å². The SMILES string of the molecule is CCc1cc(CC(C)(O)CNC2CC2)n(CC)n1. The Morgan fingerprint density at radius 2 is 2.22 bits per heavy atom. The predicted molar refractivity (Wildman–Crippen MR) is 72.6 cm³/mol. The first-order valence-corrected chi connectivity index (χ1v) is 7.05. The van der Waals surface area contributed by atoms with E-state index in [2.05, 4.69) is 30.3 Å². The highest BCUT2D eigenvalue weighted by Crippen LogP contribution is 2.21. The molecule has 0 amide bonds. The van der Waals surface area contributed by atoms with Crippen LogP contribution in [-0.4, -0.2) is 33.1 Å². The quantitative estimate of drug-likeness (QED) is 0.772. The van der Waals surface area contributed by atoms with Crippen molar-refractivity contribution in [3.05, 3.63) is 17.5 Å². The van der Waals surface area contributed by atoms with Crippen molar-refractivity contribution < 1.29 is 5.11 Å². The lowest BCUT2D eigenvalue weighted by molar-refractivity contribution is 0.0576. The predicted octanol–water partition coefficient (Wildman–Crippen LogP) is 1.51. The third kappa shape index (κ3) is 3.56. The number of hydrogen-bond acceptors (Lipinski definition) is 3.